The Labute approximate surface area is 183 Å². The first-order valence-corrected chi connectivity index (χ1v) is 10.5. The van der Waals surface area contributed by atoms with Gasteiger partial charge in [0.25, 0.3) is 0 Å². The van der Waals surface area contributed by atoms with Gasteiger partial charge in [-0.05, 0) is 65.2 Å². The summed E-state index contributed by atoms with van der Waals surface area (Å²) in [6.07, 6.45) is 4.52. The number of benzene rings is 3. The lowest BCUT2D eigenvalue weighted by Crippen LogP contribution is -2.24. The summed E-state index contributed by atoms with van der Waals surface area (Å²) in [6, 6.07) is 25.8. The van der Waals surface area contributed by atoms with Crippen LogP contribution in [0.15, 0.2) is 72.9 Å². The number of likely N-dealkylation sites (tertiary alicyclic amines) is 1. The molecule has 0 amide bonds. The molecule has 0 aliphatic carbocycles. The molecule has 0 N–H and O–H groups in total. The van der Waals surface area contributed by atoms with Gasteiger partial charge in [-0.1, -0.05) is 48.5 Å². The summed E-state index contributed by atoms with van der Waals surface area (Å²) in [5.41, 5.74) is 3.34. The third-order valence-corrected chi connectivity index (χ3v) is 6.26. The van der Waals surface area contributed by atoms with E-state index in [4.69, 9.17) is 0 Å². The zero-order valence-electron chi connectivity index (χ0n) is 17.0. The maximum absolute atomic E-state index is 9.19. The maximum atomic E-state index is 9.19. The van der Waals surface area contributed by atoms with E-state index < -0.39 is 0 Å². The minimum atomic E-state index is 0. The Hall–Kier alpha value is -2.80. The van der Waals surface area contributed by atoms with Gasteiger partial charge in [-0.25, -0.2) is 0 Å². The molecule has 0 bridgehead atoms. The van der Waals surface area contributed by atoms with Crippen molar-refractivity contribution in [3.63, 3.8) is 0 Å². The van der Waals surface area contributed by atoms with Crippen molar-refractivity contribution in [2.45, 2.75) is 19.4 Å². The van der Waals surface area contributed by atoms with E-state index in [-0.39, 0.29) is 12.4 Å². The van der Waals surface area contributed by atoms with E-state index in [1.54, 1.807) is 0 Å². The maximum Gasteiger partial charge on any atom is 0.0992 e. The fraction of sp³-hybridized carbons (Fsp3) is 0.269. The van der Waals surface area contributed by atoms with Crippen LogP contribution in [0.4, 0.5) is 0 Å². The zero-order valence-corrected chi connectivity index (χ0v) is 17.8. The lowest BCUT2D eigenvalue weighted by atomic mass is 10.1. The summed E-state index contributed by atoms with van der Waals surface area (Å²) in [5, 5.41) is 13.1. The first-order chi connectivity index (χ1) is 14.3. The van der Waals surface area contributed by atoms with Crippen LogP contribution >= 0.6 is 12.4 Å². The molecule has 2 heterocycles. The second-order valence-corrected chi connectivity index (χ2v) is 8.24. The molecule has 1 unspecified atom stereocenters. The van der Waals surface area contributed by atoms with E-state index in [1.807, 2.05) is 12.1 Å². The van der Waals surface area contributed by atoms with Crippen molar-refractivity contribution < 1.29 is 0 Å². The minimum absolute atomic E-state index is 0. The molecule has 0 spiro atoms. The van der Waals surface area contributed by atoms with E-state index in [0.29, 0.717) is 5.92 Å². The fourth-order valence-electron chi connectivity index (χ4n) is 4.64. The van der Waals surface area contributed by atoms with Gasteiger partial charge in [-0.3, -0.25) is 0 Å². The molecule has 1 aliphatic heterocycles. The summed E-state index contributed by atoms with van der Waals surface area (Å²) in [4.78, 5) is 2.60. The third kappa shape index (κ3) is 4.21. The van der Waals surface area contributed by atoms with Gasteiger partial charge >= 0.3 is 0 Å². The highest BCUT2D eigenvalue weighted by atomic mass is 35.5. The Balaban J connectivity index is 0.00000218. The van der Waals surface area contributed by atoms with Crippen LogP contribution in [0.3, 0.4) is 0 Å². The summed E-state index contributed by atoms with van der Waals surface area (Å²) in [6.45, 7) is 4.50. The summed E-state index contributed by atoms with van der Waals surface area (Å²) in [5.74, 6) is 0.674. The second kappa shape index (κ2) is 8.92. The molecule has 30 heavy (non-hydrogen) atoms. The average Bonchev–Trinajstić information content (AvgIpc) is 3.39. The van der Waals surface area contributed by atoms with Crippen LogP contribution in [-0.2, 0) is 13.0 Å². The van der Waals surface area contributed by atoms with Gasteiger partial charge in [0.2, 0.25) is 0 Å². The Morgan fingerprint density at radius 3 is 2.63 bits per heavy atom. The summed E-state index contributed by atoms with van der Waals surface area (Å²) >= 11 is 0. The molecule has 1 atom stereocenters. The van der Waals surface area contributed by atoms with E-state index in [0.717, 1.165) is 31.6 Å². The SMILES string of the molecule is Cl.N#Cc1ccc2ccn(CC3CCN(CCc4ccc5ccccc5c4)C3)c2c1. The fourth-order valence-corrected chi connectivity index (χ4v) is 4.64. The number of aromatic nitrogens is 1. The number of nitrogens with zero attached hydrogens (tertiary/aromatic N) is 3. The van der Waals surface area contributed by atoms with E-state index in [2.05, 4.69) is 76.3 Å². The van der Waals surface area contributed by atoms with Crippen LogP contribution < -0.4 is 0 Å². The van der Waals surface area contributed by atoms with Crippen LogP contribution in [0, 0.1) is 17.2 Å². The molecule has 1 fully saturated rings. The standard InChI is InChI=1S/C26H25N3.ClH/c27-17-21-6-8-24-11-14-29(26(24)16-21)19-22-10-13-28(18-22)12-9-20-5-7-23-3-1-2-4-25(23)15-20;/h1-8,11,14-16,22H,9-10,12-13,18-19H2;1H. The zero-order chi connectivity index (χ0) is 19.6. The Morgan fingerprint density at radius 2 is 1.77 bits per heavy atom. The van der Waals surface area contributed by atoms with Crippen LogP contribution in [0.2, 0.25) is 0 Å². The van der Waals surface area contributed by atoms with Gasteiger partial charge in [0.15, 0.2) is 0 Å². The van der Waals surface area contributed by atoms with Crippen LogP contribution in [-0.4, -0.2) is 29.1 Å². The van der Waals surface area contributed by atoms with Crippen molar-refractivity contribution in [2.24, 2.45) is 5.92 Å². The molecule has 1 aromatic heterocycles. The van der Waals surface area contributed by atoms with Crippen molar-refractivity contribution in [1.82, 2.24) is 9.47 Å². The number of nitriles is 1. The second-order valence-electron chi connectivity index (χ2n) is 8.24. The minimum Gasteiger partial charge on any atom is -0.347 e. The highest BCUT2D eigenvalue weighted by molar-refractivity contribution is 5.85. The van der Waals surface area contributed by atoms with Gasteiger partial charge in [0, 0.05) is 31.3 Å². The van der Waals surface area contributed by atoms with Crippen LogP contribution in [0.5, 0.6) is 0 Å². The topological polar surface area (TPSA) is 32.0 Å². The molecule has 0 radical (unpaired) electrons. The molecule has 3 aromatic carbocycles. The van der Waals surface area contributed by atoms with E-state index in [9.17, 15) is 5.26 Å². The molecule has 3 nitrogen and oxygen atoms in total. The number of hydrogen-bond acceptors (Lipinski definition) is 2. The lowest BCUT2D eigenvalue weighted by Gasteiger charge is -2.17. The Morgan fingerprint density at radius 1 is 0.933 bits per heavy atom. The van der Waals surface area contributed by atoms with Crippen LogP contribution in [0.25, 0.3) is 21.7 Å². The Kier molecular flexibility index (Phi) is 6.08. The molecular weight excluding hydrogens is 390 g/mol. The van der Waals surface area contributed by atoms with Crippen LogP contribution in [0.1, 0.15) is 17.5 Å². The number of fused-ring (bicyclic) bond motifs is 2. The molecule has 4 aromatic rings. The number of rotatable bonds is 5. The molecule has 1 aliphatic rings. The first-order valence-electron chi connectivity index (χ1n) is 10.5. The summed E-state index contributed by atoms with van der Waals surface area (Å²) in [7, 11) is 0. The van der Waals surface area contributed by atoms with Gasteiger partial charge in [0.1, 0.15) is 0 Å². The lowest BCUT2D eigenvalue weighted by molar-refractivity contribution is 0.321. The number of hydrogen-bond donors (Lipinski definition) is 0. The first kappa shape index (κ1) is 20.5. The highest BCUT2D eigenvalue weighted by Gasteiger charge is 2.22. The quantitative estimate of drug-likeness (QED) is 0.421. The summed E-state index contributed by atoms with van der Waals surface area (Å²) < 4.78 is 2.33. The largest absolute Gasteiger partial charge is 0.347 e. The van der Waals surface area contributed by atoms with Crippen molar-refractivity contribution in [3.05, 3.63) is 84.1 Å². The van der Waals surface area contributed by atoms with Crippen molar-refractivity contribution >= 4 is 34.1 Å². The monoisotopic (exact) mass is 415 g/mol. The predicted molar refractivity (Wildman–Crippen MR) is 126 cm³/mol. The van der Waals surface area contributed by atoms with Gasteiger partial charge < -0.3 is 9.47 Å². The van der Waals surface area contributed by atoms with E-state index >= 15 is 0 Å². The predicted octanol–water partition coefficient (Wildman–Crippen LogP) is 5.65. The van der Waals surface area contributed by atoms with Crippen molar-refractivity contribution in [1.29, 1.82) is 5.26 Å². The molecule has 152 valence electrons. The average molecular weight is 416 g/mol. The normalized spacial score (nSPS) is 16.6. The van der Waals surface area contributed by atoms with Gasteiger partial charge in [-0.15, -0.1) is 12.4 Å². The Bertz CT molecular complexity index is 1200. The molecule has 1 saturated heterocycles. The molecule has 5 rings (SSSR count). The molecule has 0 saturated carbocycles. The van der Waals surface area contributed by atoms with Gasteiger partial charge in [0.05, 0.1) is 11.6 Å². The smallest absolute Gasteiger partial charge is 0.0992 e. The highest BCUT2D eigenvalue weighted by Crippen LogP contribution is 2.24. The van der Waals surface area contributed by atoms with Crippen molar-refractivity contribution in [2.75, 3.05) is 19.6 Å². The number of halogens is 1. The van der Waals surface area contributed by atoms with E-state index in [1.165, 1.54) is 40.2 Å². The van der Waals surface area contributed by atoms with Gasteiger partial charge in [-0.2, -0.15) is 5.26 Å². The molecular formula is C26H26ClN3. The van der Waals surface area contributed by atoms with Crippen molar-refractivity contribution in [3.8, 4) is 6.07 Å². The third-order valence-electron chi connectivity index (χ3n) is 6.26. The molecule has 4 heteroatoms.